The maximum absolute atomic E-state index is 13.1. The number of halogens is 1. The molecule has 0 amide bonds. The highest BCUT2D eigenvalue weighted by Gasteiger charge is 2.37. The van der Waals surface area contributed by atoms with Gasteiger partial charge in [-0.05, 0) is 43.2 Å². The Morgan fingerprint density at radius 3 is 2.79 bits per heavy atom. The molecule has 0 saturated carbocycles. The van der Waals surface area contributed by atoms with Gasteiger partial charge in [0.2, 0.25) is 10.0 Å². The number of thiazole rings is 1. The zero-order chi connectivity index (χ0) is 16.7. The number of aromatic nitrogens is 1. The number of hydrogen-bond acceptors (Lipinski definition) is 4. The van der Waals surface area contributed by atoms with Gasteiger partial charge in [-0.15, -0.1) is 11.3 Å². The van der Waals surface area contributed by atoms with E-state index < -0.39 is 10.0 Å². The minimum atomic E-state index is -3.53. The van der Waals surface area contributed by atoms with Gasteiger partial charge in [0, 0.05) is 11.0 Å². The minimum Gasteiger partial charge on any atom is -0.239 e. The fourth-order valence-corrected chi connectivity index (χ4v) is 6.51. The molecule has 3 aromatic rings. The molecule has 124 valence electrons. The van der Waals surface area contributed by atoms with Crippen LogP contribution in [-0.4, -0.2) is 24.3 Å². The summed E-state index contributed by atoms with van der Waals surface area (Å²) in [4.78, 5) is 5.00. The smallest absolute Gasteiger partial charge is 0.239 e. The third-order valence-corrected chi connectivity index (χ3v) is 7.74. The Morgan fingerprint density at radius 1 is 1.17 bits per heavy atom. The highest BCUT2D eigenvalue weighted by atomic mass is 79.9. The standard InChI is InChI=1S/C17H15BrN2O2S2/c18-12-5-3-6-13(11-12)24(21,22)20-10-4-8-15(20)17-19-14-7-1-2-9-16(14)23-17/h1-3,5-7,9,11,15H,4,8,10H2. The molecular weight excluding hydrogens is 408 g/mol. The van der Waals surface area contributed by atoms with Crippen molar-refractivity contribution in [2.75, 3.05) is 6.54 Å². The van der Waals surface area contributed by atoms with Crippen molar-refractivity contribution in [2.24, 2.45) is 0 Å². The van der Waals surface area contributed by atoms with Crippen molar-refractivity contribution in [1.29, 1.82) is 0 Å². The Morgan fingerprint density at radius 2 is 2.00 bits per heavy atom. The average Bonchev–Trinajstić information content (AvgIpc) is 3.21. The van der Waals surface area contributed by atoms with Crippen molar-refractivity contribution in [2.45, 2.75) is 23.8 Å². The second-order valence-corrected chi connectivity index (χ2v) is 9.62. The summed E-state index contributed by atoms with van der Waals surface area (Å²) < 4.78 is 29.6. The summed E-state index contributed by atoms with van der Waals surface area (Å²) in [6.45, 7) is 0.537. The normalized spacial score (nSPS) is 19.1. The maximum Gasteiger partial charge on any atom is 0.243 e. The number of rotatable bonds is 3. The molecule has 0 N–H and O–H groups in total. The zero-order valence-electron chi connectivity index (χ0n) is 12.7. The van der Waals surface area contributed by atoms with E-state index in [0.29, 0.717) is 11.4 Å². The van der Waals surface area contributed by atoms with Gasteiger partial charge < -0.3 is 0 Å². The minimum absolute atomic E-state index is 0.175. The van der Waals surface area contributed by atoms with Gasteiger partial charge in [-0.2, -0.15) is 4.31 Å². The van der Waals surface area contributed by atoms with Crippen LogP contribution in [0.4, 0.5) is 0 Å². The van der Waals surface area contributed by atoms with Crippen molar-refractivity contribution < 1.29 is 8.42 Å². The summed E-state index contributed by atoms with van der Waals surface area (Å²) >= 11 is 4.94. The molecule has 1 atom stereocenters. The lowest BCUT2D eigenvalue weighted by Gasteiger charge is -2.22. The summed E-state index contributed by atoms with van der Waals surface area (Å²) in [7, 11) is -3.53. The molecule has 1 aromatic heterocycles. The van der Waals surface area contributed by atoms with Crippen LogP contribution in [0.3, 0.4) is 0 Å². The predicted molar refractivity (Wildman–Crippen MR) is 99.6 cm³/mol. The topological polar surface area (TPSA) is 50.3 Å². The molecule has 0 radical (unpaired) electrons. The van der Waals surface area contributed by atoms with Crippen LogP contribution in [0.15, 0.2) is 57.9 Å². The van der Waals surface area contributed by atoms with Gasteiger partial charge in [0.1, 0.15) is 5.01 Å². The van der Waals surface area contributed by atoms with Crippen LogP contribution in [0, 0.1) is 0 Å². The van der Waals surface area contributed by atoms with Crippen molar-refractivity contribution in [3.8, 4) is 0 Å². The Labute approximate surface area is 153 Å². The maximum atomic E-state index is 13.1. The highest BCUT2D eigenvalue weighted by Crippen LogP contribution is 2.39. The molecule has 1 saturated heterocycles. The van der Waals surface area contributed by atoms with Crippen LogP contribution in [0.1, 0.15) is 23.9 Å². The average molecular weight is 423 g/mol. The number of para-hydroxylation sites is 1. The lowest BCUT2D eigenvalue weighted by molar-refractivity contribution is 0.396. The van der Waals surface area contributed by atoms with E-state index in [2.05, 4.69) is 20.9 Å². The van der Waals surface area contributed by atoms with E-state index in [0.717, 1.165) is 32.5 Å². The Hall–Kier alpha value is -1.28. The Kier molecular flexibility index (Phi) is 4.20. The van der Waals surface area contributed by atoms with Crippen molar-refractivity contribution >= 4 is 47.5 Å². The SMILES string of the molecule is O=S(=O)(c1cccc(Br)c1)N1CCCC1c1nc2ccccc2s1. The second kappa shape index (κ2) is 6.22. The molecule has 7 heteroatoms. The number of fused-ring (bicyclic) bond motifs is 1. The number of benzene rings is 2. The van der Waals surface area contributed by atoms with E-state index in [1.54, 1.807) is 33.8 Å². The summed E-state index contributed by atoms with van der Waals surface area (Å²) in [6, 6.07) is 14.6. The van der Waals surface area contributed by atoms with E-state index in [4.69, 9.17) is 0 Å². The Bertz CT molecular complexity index is 968. The highest BCUT2D eigenvalue weighted by molar-refractivity contribution is 9.10. The van der Waals surface area contributed by atoms with Gasteiger partial charge in [-0.3, -0.25) is 0 Å². The third-order valence-electron chi connectivity index (χ3n) is 4.20. The lowest BCUT2D eigenvalue weighted by Crippen LogP contribution is -2.30. The van der Waals surface area contributed by atoms with Crippen LogP contribution in [-0.2, 0) is 10.0 Å². The van der Waals surface area contributed by atoms with Crippen LogP contribution < -0.4 is 0 Å². The van der Waals surface area contributed by atoms with Crippen LogP contribution >= 0.6 is 27.3 Å². The number of sulfonamides is 1. The van der Waals surface area contributed by atoms with E-state index in [1.807, 2.05) is 30.3 Å². The quantitative estimate of drug-likeness (QED) is 0.620. The predicted octanol–water partition coefficient (Wildman–Crippen LogP) is 4.58. The monoisotopic (exact) mass is 422 g/mol. The summed E-state index contributed by atoms with van der Waals surface area (Å²) in [5, 5.41) is 0.882. The molecule has 24 heavy (non-hydrogen) atoms. The number of nitrogens with zero attached hydrogens (tertiary/aromatic N) is 2. The van der Waals surface area contributed by atoms with Crippen LogP contribution in [0.2, 0.25) is 0 Å². The third kappa shape index (κ3) is 2.79. The van der Waals surface area contributed by atoms with Gasteiger partial charge >= 0.3 is 0 Å². The molecule has 1 fully saturated rings. The fourth-order valence-electron chi connectivity index (χ4n) is 3.07. The Balaban J connectivity index is 1.74. The molecule has 4 nitrogen and oxygen atoms in total. The fraction of sp³-hybridized carbons (Fsp3) is 0.235. The van der Waals surface area contributed by atoms with E-state index in [-0.39, 0.29) is 6.04 Å². The molecule has 4 rings (SSSR count). The first-order valence-corrected chi connectivity index (χ1v) is 10.7. The van der Waals surface area contributed by atoms with Crippen molar-refractivity contribution in [1.82, 2.24) is 9.29 Å². The first kappa shape index (κ1) is 16.2. The van der Waals surface area contributed by atoms with Gasteiger partial charge in [0.25, 0.3) is 0 Å². The molecule has 1 unspecified atom stereocenters. The molecular formula is C17H15BrN2O2S2. The lowest BCUT2D eigenvalue weighted by atomic mass is 10.2. The van der Waals surface area contributed by atoms with Crippen LogP contribution in [0.25, 0.3) is 10.2 Å². The summed E-state index contributed by atoms with van der Waals surface area (Å²) in [6.07, 6.45) is 1.67. The molecule has 0 bridgehead atoms. The molecule has 1 aliphatic rings. The largest absolute Gasteiger partial charge is 0.243 e. The van der Waals surface area contributed by atoms with Gasteiger partial charge in [-0.1, -0.05) is 34.1 Å². The first-order valence-electron chi connectivity index (χ1n) is 7.68. The van der Waals surface area contributed by atoms with E-state index >= 15 is 0 Å². The molecule has 0 spiro atoms. The van der Waals surface area contributed by atoms with Gasteiger partial charge in [0.15, 0.2) is 0 Å². The summed E-state index contributed by atoms with van der Waals surface area (Å²) in [5.74, 6) is 0. The second-order valence-electron chi connectivity index (χ2n) is 5.75. The van der Waals surface area contributed by atoms with Gasteiger partial charge in [-0.25, -0.2) is 13.4 Å². The van der Waals surface area contributed by atoms with E-state index in [9.17, 15) is 8.42 Å². The van der Waals surface area contributed by atoms with Gasteiger partial charge in [0.05, 0.1) is 21.2 Å². The van der Waals surface area contributed by atoms with Crippen molar-refractivity contribution in [3.63, 3.8) is 0 Å². The molecule has 0 aliphatic carbocycles. The zero-order valence-corrected chi connectivity index (χ0v) is 15.9. The molecule has 2 heterocycles. The molecule has 1 aliphatic heterocycles. The first-order chi connectivity index (χ1) is 11.6. The molecule has 2 aromatic carbocycles. The van der Waals surface area contributed by atoms with Crippen LogP contribution in [0.5, 0.6) is 0 Å². The number of hydrogen-bond donors (Lipinski definition) is 0. The van der Waals surface area contributed by atoms with E-state index in [1.165, 1.54) is 0 Å². The summed E-state index contributed by atoms with van der Waals surface area (Å²) in [5.41, 5.74) is 0.934. The van der Waals surface area contributed by atoms with Crippen molar-refractivity contribution in [3.05, 3.63) is 58.0 Å².